The average molecular weight is 507 g/mol. The number of furan rings is 1. The van der Waals surface area contributed by atoms with E-state index in [9.17, 15) is 4.79 Å². The van der Waals surface area contributed by atoms with Crippen LogP contribution < -0.4 is 10.6 Å². The van der Waals surface area contributed by atoms with Crippen LogP contribution in [0.15, 0.2) is 101 Å². The minimum atomic E-state index is -0.322. The van der Waals surface area contributed by atoms with Gasteiger partial charge in [-0.25, -0.2) is 9.97 Å². The van der Waals surface area contributed by atoms with Gasteiger partial charge in [0.05, 0.1) is 16.8 Å². The average Bonchev–Trinajstić information content (AvgIpc) is 3.55. The van der Waals surface area contributed by atoms with Crippen molar-refractivity contribution in [2.75, 3.05) is 5.32 Å². The van der Waals surface area contributed by atoms with Crippen LogP contribution in [0, 0.1) is 0 Å². The first-order valence-corrected chi connectivity index (χ1v) is 12.4. The summed E-state index contributed by atoms with van der Waals surface area (Å²) in [4.78, 5) is 22.6. The van der Waals surface area contributed by atoms with E-state index in [-0.39, 0.29) is 11.0 Å². The number of hydrogen-bond acceptors (Lipinski definition) is 6. The number of amides is 1. The zero-order valence-electron chi connectivity index (χ0n) is 18.8. The van der Waals surface area contributed by atoms with Gasteiger partial charge in [-0.2, -0.15) is 0 Å². The number of carbonyl (C=O) groups excluding carboxylic acids is 1. The Morgan fingerprint density at radius 1 is 0.861 bits per heavy atom. The number of anilines is 1. The highest BCUT2D eigenvalue weighted by atomic mass is 32.1. The standard InChI is InChI=1S/C28H18N4O2S2/c33-26(20-15-22(17-8-2-1-3-9-17)29-21-12-6-5-11-19(20)21)31-27(35)32-28-30-23(16-36-28)25-14-18-10-4-7-13-24(18)34-25/h1-16H,(H2,30,31,32,33,35). The quantitative estimate of drug-likeness (QED) is 0.253. The van der Waals surface area contributed by atoms with Gasteiger partial charge in [0.1, 0.15) is 11.3 Å². The van der Waals surface area contributed by atoms with Gasteiger partial charge in [0.2, 0.25) is 0 Å². The summed E-state index contributed by atoms with van der Waals surface area (Å²) >= 11 is 6.80. The predicted octanol–water partition coefficient (Wildman–Crippen LogP) is 6.90. The molecule has 6 nitrogen and oxygen atoms in total. The zero-order chi connectivity index (χ0) is 24.5. The van der Waals surface area contributed by atoms with Crippen molar-refractivity contribution in [1.82, 2.24) is 15.3 Å². The molecule has 0 unspecified atom stereocenters. The van der Waals surface area contributed by atoms with Crippen molar-refractivity contribution >= 4 is 61.6 Å². The molecule has 3 aromatic heterocycles. The smallest absolute Gasteiger partial charge is 0.258 e. The molecule has 0 radical (unpaired) electrons. The third-order valence-corrected chi connectivity index (χ3v) is 6.62. The van der Waals surface area contributed by atoms with E-state index in [4.69, 9.17) is 21.6 Å². The van der Waals surface area contributed by atoms with Crippen LogP contribution in [0.25, 0.3) is 44.6 Å². The van der Waals surface area contributed by atoms with Gasteiger partial charge >= 0.3 is 0 Å². The third-order valence-electron chi connectivity index (χ3n) is 5.66. The van der Waals surface area contributed by atoms with E-state index in [0.29, 0.717) is 27.8 Å². The van der Waals surface area contributed by atoms with Crippen LogP contribution in [0.2, 0.25) is 0 Å². The number of fused-ring (bicyclic) bond motifs is 2. The van der Waals surface area contributed by atoms with E-state index in [1.807, 2.05) is 90.3 Å². The molecule has 3 heterocycles. The highest BCUT2D eigenvalue weighted by Crippen LogP contribution is 2.30. The molecule has 3 aromatic carbocycles. The molecule has 0 bridgehead atoms. The number of para-hydroxylation sites is 2. The van der Waals surface area contributed by atoms with Gasteiger partial charge in [0.25, 0.3) is 5.91 Å². The van der Waals surface area contributed by atoms with Crippen molar-refractivity contribution in [3.63, 3.8) is 0 Å². The maximum atomic E-state index is 13.3. The monoisotopic (exact) mass is 506 g/mol. The number of aromatic nitrogens is 2. The first kappa shape index (κ1) is 22.1. The molecule has 6 rings (SSSR count). The van der Waals surface area contributed by atoms with Crippen LogP contribution in [0.1, 0.15) is 10.4 Å². The van der Waals surface area contributed by atoms with E-state index in [1.54, 1.807) is 6.07 Å². The lowest BCUT2D eigenvalue weighted by atomic mass is 10.0. The van der Waals surface area contributed by atoms with Gasteiger partial charge in [-0.15, -0.1) is 11.3 Å². The number of nitrogens with zero attached hydrogens (tertiary/aromatic N) is 2. The summed E-state index contributed by atoms with van der Waals surface area (Å²) < 4.78 is 5.89. The largest absolute Gasteiger partial charge is 0.454 e. The van der Waals surface area contributed by atoms with Crippen LogP contribution in [0.3, 0.4) is 0 Å². The van der Waals surface area contributed by atoms with Gasteiger partial charge in [-0.1, -0.05) is 66.7 Å². The van der Waals surface area contributed by atoms with Gasteiger partial charge in [-0.05, 0) is 36.5 Å². The molecular weight excluding hydrogens is 488 g/mol. The van der Waals surface area contributed by atoms with Crippen molar-refractivity contribution in [3.05, 3.63) is 102 Å². The van der Waals surface area contributed by atoms with Gasteiger partial charge in [0, 0.05) is 21.7 Å². The second-order valence-electron chi connectivity index (χ2n) is 8.03. The van der Waals surface area contributed by atoms with E-state index < -0.39 is 0 Å². The van der Waals surface area contributed by atoms with Crippen molar-refractivity contribution in [3.8, 4) is 22.7 Å². The lowest BCUT2D eigenvalue weighted by Gasteiger charge is -2.11. The summed E-state index contributed by atoms with van der Waals surface area (Å²) in [5.41, 5.74) is 4.37. The minimum absolute atomic E-state index is 0.160. The summed E-state index contributed by atoms with van der Waals surface area (Å²) in [6, 6.07) is 28.9. The number of nitrogens with one attached hydrogen (secondary N) is 2. The van der Waals surface area contributed by atoms with Gasteiger partial charge < -0.3 is 9.73 Å². The molecule has 0 saturated carbocycles. The molecule has 36 heavy (non-hydrogen) atoms. The Hall–Kier alpha value is -4.40. The van der Waals surface area contributed by atoms with Gasteiger partial charge in [-0.3, -0.25) is 10.1 Å². The molecule has 0 fully saturated rings. The second-order valence-corrected chi connectivity index (χ2v) is 9.30. The van der Waals surface area contributed by atoms with E-state index >= 15 is 0 Å². The van der Waals surface area contributed by atoms with Crippen molar-refractivity contribution in [2.45, 2.75) is 0 Å². The highest BCUT2D eigenvalue weighted by Gasteiger charge is 2.16. The number of thiazole rings is 1. The fourth-order valence-corrected chi connectivity index (χ4v) is 4.93. The maximum absolute atomic E-state index is 13.3. The number of carbonyl (C=O) groups is 1. The first-order valence-electron chi connectivity index (χ1n) is 11.2. The van der Waals surface area contributed by atoms with Crippen molar-refractivity contribution in [1.29, 1.82) is 0 Å². The summed E-state index contributed by atoms with van der Waals surface area (Å²) in [5.74, 6) is 0.351. The second kappa shape index (κ2) is 9.33. The van der Waals surface area contributed by atoms with Crippen LogP contribution >= 0.6 is 23.6 Å². The molecule has 1 amide bonds. The summed E-state index contributed by atoms with van der Waals surface area (Å²) in [5, 5.41) is 10.2. The van der Waals surface area contributed by atoms with Gasteiger partial charge in [0.15, 0.2) is 16.0 Å². The Balaban J connectivity index is 1.22. The van der Waals surface area contributed by atoms with Crippen LogP contribution in [-0.2, 0) is 0 Å². The van der Waals surface area contributed by atoms with Crippen LogP contribution in [0.5, 0.6) is 0 Å². The number of rotatable bonds is 4. The molecule has 0 spiro atoms. The Kier molecular flexibility index (Phi) is 5.73. The molecule has 6 aromatic rings. The molecular formula is C28H18N4O2S2. The molecule has 2 N–H and O–H groups in total. The zero-order valence-corrected chi connectivity index (χ0v) is 20.4. The molecule has 174 valence electrons. The minimum Gasteiger partial charge on any atom is -0.454 e. The van der Waals surface area contributed by atoms with Crippen LogP contribution in [0.4, 0.5) is 5.13 Å². The number of thiocarbonyl (C=S) groups is 1. The molecule has 0 aliphatic heterocycles. The summed E-state index contributed by atoms with van der Waals surface area (Å²) in [6.07, 6.45) is 0. The van der Waals surface area contributed by atoms with Crippen LogP contribution in [-0.4, -0.2) is 21.0 Å². The summed E-state index contributed by atoms with van der Waals surface area (Å²) in [7, 11) is 0. The Labute approximate surface area is 215 Å². The summed E-state index contributed by atoms with van der Waals surface area (Å²) in [6.45, 7) is 0. The van der Waals surface area contributed by atoms with E-state index in [2.05, 4.69) is 15.6 Å². The fourth-order valence-electron chi connectivity index (χ4n) is 3.97. The molecule has 0 atom stereocenters. The Bertz CT molecular complexity index is 1710. The maximum Gasteiger partial charge on any atom is 0.258 e. The van der Waals surface area contributed by atoms with E-state index in [1.165, 1.54) is 11.3 Å². The van der Waals surface area contributed by atoms with Crippen molar-refractivity contribution < 1.29 is 9.21 Å². The lowest BCUT2D eigenvalue weighted by Crippen LogP contribution is -2.34. The Morgan fingerprint density at radius 2 is 1.64 bits per heavy atom. The first-order chi connectivity index (χ1) is 17.6. The lowest BCUT2D eigenvalue weighted by molar-refractivity contribution is 0.0979. The molecule has 8 heteroatoms. The highest BCUT2D eigenvalue weighted by molar-refractivity contribution is 7.80. The van der Waals surface area contributed by atoms with Crippen molar-refractivity contribution in [2.24, 2.45) is 0 Å². The molecule has 0 saturated heterocycles. The number of benzene rings is 3. The SMILES string of the molecule is O=C(NC(=S)Nc1nc(-c2cc3ccccc3o2)cs1)c1cc(-c2ccccc2)nc2ccccc12. The normalized spacial score (nSPS) is 11.0. The van der Waals surface area contributed by atoms with E-state index in [0.717, 1.165) is 27.4 Å². The topological polar surface area (TPSA) is 80.0 Å². The molecule has 0 aliphatic rings. The Morgan fingerprint density at radius 3 is 2.50 bits per heavy atom. The number of hydrogen-bond donors (Lipinski definition) is 2. The third kappa shape index (κ3) is 4.35. The predicted molar refractivity (Wildman–Crippen MR) is 148 cm³/mol. The fraction of sp³-hybridized carbons (Fsp3) is 0. The number of pyridine rings is 1. The molecule has 0 aliphatic carbocycles.